The Bertz CT molecular complexity index is 782. The van der Waals surface area contributed by atoms with Crippen molar-refractivity contribution in [3.63, 3.8) is 0 Å². The van der Waals surface area contributed by atoms with Crippen LogP contribution in [0.15, 0.2) is 34.2 Å². The summed E-state index contributed by atoms with van der Waals surface area (Å²) in [5.74, 6) is 3.08. The minimum atomic E-state index is -0.340. The van der Waals surface area contributed by atoms with Crippen LogP contribution >= 0.6 is 27.7 Å². The molecule has 1 aromatic rings. The molecule has 25 heavy (non-hydrogen) atoms. The molecule has 1 aliphatic rings. The fourth-order valence-corrected chi connectivity index (χ4v) is 3.37. The lowest BCUT2D eigenvalue weighted by molar-refractivity contribution is -0.122. The number of carbonyl (C=O) groups is 2. The molecule has 0 radical (unpaired) electrons. The van der Waals surface area contributed by atoms with Crippen LogP contribution in [0.3, 0.4) is 0 Å². The molecule has 0 atom stereocenters. The van der Waals surface area contributed by atoms with E-state index in [1.54, 1.807) is 18.2 Å². The van der Waals surface area contributed by atoms with E-state index in [2.05, 4.69) is 28.4 Å². The maximum atomic E-state index is 12.3. The van der Waals surface area contributed by atoms with E-state index in [1.165, 1.54) is 6.08 Å². The normalized spacial score (nSPS) is 15.4. The Labute approximate surface area is 159 Å². The molecule has 1 saturated heterocycles. The van der Waals surface area contributed by atoms with Crippen molar-refractivity contribution in [3.05, 3.63) is 39.7 Å². The highest BCUT2D eigenvalue weighted by atomic mass is 79.9. The van der Waals surface area contributed by atoms with Gasteiger partial charge in [-0.05, 0) is 42.5 Å². The topological polar surface area (TPSA) is 55.8 Å². The summed E-state index contributed by atoms with van der Waals surface area (Å²) < 4.78 is 11.7. The SMILES string of the molecule is C#CCOc1cc(Br)c(/C=C2/SC(=O)N(CC=C)C2=O)cc1OCC. The second-order valence-electron chi connectivity index (χ2n) is 4.83. The Hall–Kier alpha value is -2.17. The van der Waals surface area contributed by atoms with Crippen molar-refractivity contribution >= 4 is 44.9 Å². The van der Waals surface area contributed by atoms with Gasteiger partial charge in [-0.2, -0.15) is 0 Å². The fourth-order valence-electron chi connectivity index (χ4n) is 2.09. The Morgan fingerprint density at radius 2 is 2.08 bits per heavy atom. The van der Waals surface area contributed by atoms with Crippen molar-refractivity contribution in [2.24, 2.45) is 0 Å². The molecule has 0 N–H and O–H groups in total. The summed E-state index contributed by atoms with van der Waals surface area (Å²) in [6.07, 6.45) is 8.38. The lowest BCUT2D eigenvalue weighted by Gasteiger charge is -2.13. The minimum absolute atomic E-state index is 0.117. The van der Waals surface area contributed by atoms with E-state index in [0.717, 1.165) is 16.7 Å². The zero-order chi connectivity index (χ0) is 18.4. The molecule has 0 aromatic heterocycles. The average Bonchev–Trinajstić information content (AvgIpc) is 2.84. The van der Waals surface area contributed by atoms with Crippen LogP contribution < -0.4 is 9.47 Å². The minimum Gasteiger partial charge on any atom is -0.490 e. The van der Waals surface area contributed by atoms with Crippen molar-refractivity contribution < 1.29 is 19.1 Å². The number of benzene rings is 1. The highest BCUT2D eigenvalue weighted by Crippen LogP contribution is 2.38. The smallest absolute Gasteiger partial charge is 0.293 e. The molecule has 7 heteroatoms. The zero-order valence-corrected chi connectivity index (χ0v) is 16.0. The van der Waals surface area contributed by atoms with Crippen LogP contribution in [0, 0.1) is 12.3 Å². The third kappa shape index (κ3) is 4.47. The summed E-state index contributed by atoms with van der Waals surface area (Å²) in [4.78, 5) is 25.7. The van der Waals surface area contributed by atoms with E-state index in [0.29, 0.717) is 33.0 Å². The number of terminal acetylenes is 1. The number of rotatable bonds is 7. The van der Waals surface area contributed by atoms with E-state index in [-0.39, 0.29) is 24.3 Å². The fraction of sp³-hybridized carbons (Fsp3) is 0.222. The number of nitrogens with zero attached hydrogens (tertiary/aromatic N) is 1. The maximum absolute atomic E-state index is 12.3. The average molecular weight is 422 g/mol. The first kappa shape index (κ1) is 19.2. The van der Waals surface area contributed by atoms with Gasteiger partial charge in [0.2, 0.25) is 0 Å². The molecule has 130 valence electrons. The summed E-state index contributed by atoms with van der Waals surface area (Å²) in [5, 5.41) is -0.314. The molecule has 2 amide bonds. The molecule has 1 fully saturated rings. The third-order valence-corrected chi connectivity index (χ3v) is 4.74. The summed E-state index contributed by atoms with van der Waals surface area (Å²) in [6.45, 7) is 6.16. The van der Waals surface area contributed by atoms with Crippen molar-refractivity contribution in [2.45, 2.75) is 6.92 Å². The highest BCUT2D eigenvalue weighted by molar-refractivity contribution is 9.10. The van der Waals surface area contributed by atoms with Gasteiger partial charge >= 0.3 is 0 Å². The molecule has 5 nitrogen and oxygen atoms in total. The highest BCUT2D eigenvalue weighted by Gasteiger charge is 2.34. The van der Waals surface area contributed by atoms with E-state index < -0.39 is 0 Å². The third-order valence-electron chi connectivity index (χ3n) is 3.15. The standard InChI is InChI=1S/C18H16BrNO4S/c1-4-7-20-17(21)16(25-18(20)22)10-12-9-14(23-6-3)15(11-13(12)19)24-8-5-2/h2,4,9-11H,1,6-8H2,3H3/b16-10+. The number of amides is 2. The van der Waals surface area contributed by atoms with Crippen LogP contribution in [0.1, 0.15) is 12.5 Å². The van der Waals surface area contributed by atoms with E-state index in [4.69, 9.17) is 15.9 Å². The summed E-state index contributed by atoms with van der Waals surface area (Å²) in [6, 6.07) is 3.46. The van der Waals surface area contributed by atoms with Gasteiger partial charge < -0.3 is 9.47 Å². The van der Waals surface area contributed by atoms with Gasteiger partial charge in [0.1, 0.15) is 6.61 Å². The van der Waals surface area contributed by atoms with Gasteiger partial charge in [-0.3, -0.25) is 14.5 Å². The van der Waals surface area contributed by atoms with Crippen molar-refractivity contribution in [3.8, 4) is 23.8 Å². The number of hydrogen-bond donors (Lipinski definition) is 0. The van der Waals surface area contributed by atoms with Gasteiger partial charge in [0.25, 0.3) is 11.1 Å². The number of hydrogen-bond acceptors (Lipinski definition) is 5. The van der Waals surface area contributed by atoms with Crippen LogP contribution in [0.2, 0.25) is 0 Å². The Morgan fingerprint density at radius 3 is 2.72 bits per heavy atom. The summed E-state index contributed by atoms with van der Waals surface area (Å²) >= 11 is 4.34. The van der Waals surface area contributed by atoms with Crippen LogP contribution in [0.4, 0.5) is 4.79 Å². The van der Waals surface area contributed by atoms with Crippen LogP contribution in [0.5, 0.6) is 11.5 Å². The predicted octanol–water partition coefficient (Wildman–Crippen LogP) is 4.08. The molecule has 1 aromatic carbocycles. The molecule has 1 heterocycles. The van der Waals surface area contributed by atoms with Gasteiger partial charge in [0.05, 0.1) is 11.5 Å². The molecule has 0 saturated carbocycles. The van der Waals surface area contributed by atoms with Gasteiger partial charge in [-0.1, -0.05) is 27.9 Å². The monoisotopic (exact) mass is 421 g/mol. The number of ether oxygens (including phenoxy) is 2. The number of imide groups is 1. The second kappa shape index (κ2) is 8.79. The predicted molar refractivity (Wildman–Crippen MR) is 103 cm³/mol. The molecule has 0 unspecified atom stereocenters. The molecule has 2 rings (SSSR count). The lowest BCUT2D eigenvalue weighted by Crippen LogP contribution is -2.27. The van der Waals surface area contributed by atoms with Crippen LogP contribution in [0.25, 0.3) is 6.08 Å². The van der Waals surface area contributed by atoms with E-state index in [9.17, 15) is 9.59 Å². The number of carbonyl (C=O) groups excluding carboxylic acids is 2. The van der Waals surface area contributed by atoms with Gasteiger partial charge in [-0.15, -0.1) is 13.0 Å². The maximum Gasteiger partial charge on any atom is 0.293 e. The molecule has 0 bridgehead atoms. The first-order valence-electron chi connectivity index (χ1n) is 7.40. The van der Waals surface area contributed by atoms with Crippen LogP contribution in [-0.4, -0.2) is 35.8 Å². The number of halogens is 1. The Kier molecular flexibility index (Phi) is 6.73. The Balaban J connectivity index is 2.37. The molecular formula is C18H16BrNO4S. The molecule has 0 aliphatic carbocycles. The number of thioether (sulfide) groups is 1. The van der Waals surface area contributed by atoms with E-state index in [1.807, 2.05) is 6.92 Å². The molecule has 0 spiro atoms. The molecular weight excluding hydrogens is 406 g/mol. The largest absolute Gasteiger partial charge is 0.490 e. The van der Waals surface area contributed by atoms with Crippen molar-refractivity contribution in [1.29, 1.82) is 0 Å². The Morgan fingerprint density at radius 1 is 1.36 bits per heavy atom. The van der Waals surface area contributed by atoms with Gasteiger partial charge in [0.15, 0.2) is 11.5 Å². The van der Waals surface area contributed by atoms with Gasteiger partial charge in [0, 0.05) is 11.0 Å². The van der Waals surface area contributed by atoms with Gasteiger partial charge in [-0.25, -0.2) is 0 Å². The first-order chi connectivity index (χ1) is 12.0. The summed E-state index contributed by atoms with van der Waals surface area (Å²) in [7, 11) is 0. The second-order valence-corrected chi connectivity index (χ2v) is 6.67. The zero-order valence-electron chi connectivity index (χ0n) is 13.6. The lowest BCUT2D eigenvalue weighted by atomic mass is 10.2. The quantitative estimate of drug-likeness (QED) is 0.377. The van der Waals surface area contributed by atoms with Crippen molar-refractivity contribution in [1.82, 2.24) is 4.90 Å². The van der Waals surface area contributed by atoms with Crippen LogP contribution in [-0.2, 0) is 4.79 Å². The van der Waals surface area contributed by atoms with E-state index >= 15 is 0 Å². The molecule has 1 aliphatic heterocycles. The first-order valence-corrected chi connectivity index (χ1v) is 9.01. The van der Waals surface area contributed by atoms with Crippen molar-refractivity contribution in [2.75, 3.05) is 19.8 Å². The summed E-state index contributed by atoms with van der Waals surface area (Å²) in [5.41, 5.74) is 0.695.